The van der Waals surface area contributed by atoms with Crippen LogP contribution >= 0.6 is 0 Å². The summed E-state index contributed by atoms with van der Waals surface area (Å²) in [7, 11) is 0. The molecule has 1 atom stereocenters. The molecule has 0 fully saturated rings. The van der Waals surface area contributed by atoms with Crippen LogP contribution in [0.25, 0.3) is 11.0 Å². The Balaban J connectivity index is 1.96. The predicted octanol–water partition coefficient (Wildman–Crippen LogP) is 0.208. The average molecular weight is 468 g/mol. The molecule has 0 amide bonds. The summed E-state index contributed by atoms with van der Waals surface area (Å²) >= 11 is -0.876. The normalized spacial score (nSPS) is 12.2. The molecule has 4 aromatic rings. The van der Waals surface area contributed by atoms with Gasteiger partial charge in [-0.15, -0.1) is 0 Å². The first-order chi connectivity index (χ1) is 13.2. The van der Waals surface area contributed by atoms with Crippen LogP contribution in [0.4, 0.5) is 0 Å². The van der Waals surface area contributed by atoms with Gasteiger partial charge in [0, 0.05) is 11.6 Å². The molecule has 0 saturated carbocycles. The lowest BCUT2D eigenvalue weighted by Gasteiger charge is -2.20. The number of aromatic nitrogens is 2. The van der Waals surface area contributed by atoms with E-state index in [9.17, 15) is 9.90 Å². The minimum atomic E-state index is -0.876. The highest BCUT2D eigenvalue weighted by molar-refractivity contribution is 5.81. The second-order valence-electron chi connectivity index (χ2n) is 6.17. The molecule has 0 aliphatic carbocycles. The molecule has 0 saturated heterocycles. The molecular weight excluding hydrogens is 451 g/mol. The number of pyridine rings is 2. The van der Waals surface area contributed by atoms with Crippen molar-refractivity contribution >= 4 is 11.0 Å². The zero-order chi connectivity index (χ0) is 18.8. The van der Waals surface area contributed by atoms with Crippen molar-refractivity contribution in [1.29, 1.82) is 0 Å². The molecule has 0 aliphatic rings. The Morgan fingerprint density at radius 3 is 2.33 bits per heavy atom. The van der Waals surface area contributed by atoms with Crippen molar-refractivity contribution in [2.45, 2.75) is 13.0 Å². The van der Waals surface area contributed by atoms with E-state index in [-0.39, 0.29) is 17.4 Å². The van der Waals surface area contributed by atoms with Crippen LogP contribution in [0.3, 0.4) is 0 Å². The van der Waals surface area contributed by atoms with E-state index >= 15 is 0 Å². The van der Waals surface area contributed by atoms with Gasteiger partial charge in [-0.25, -0.2) is 4.98 Å². The SMILES string of the molecule is CC(c1ccccc1)n1c(=O)c([I+]c2ccccc2)c([O-])c2cccnc21. The standard InChI is InChI=1S/C22H17IN2O2/c1-15(16-9-4-2-5-10-16)25-21-18(13-8-14-24-21)20(26)19(22(25)27)23-17-11-6-3-7-12-17/h2-15H,1H3. The Morgan fingerprint density at radius 2 is 1.63 bits per heavy atom. The highest BCUT2D eigenvalue weighted by Crippen LogP contribution is 2.23. The number of nitrogens with zero attached hydrogens (tertiary/aromatic N) is 2. The van der Waals surface area contributed by atoms with Crippen molar-refractivity contribution in [2.24, 2.45) is 0 Å². The Hall–Kier alpha value is -2.67. The lowest BCUT2D eigenvalue weighted by Crippen LogP contribution is -3.62. The fourth-order valence-electron chi connectivity index (χ4n) is 3.09. The summed E-state index contributed by atoms with van der Waals surface area (Å²) in [4.78, 5) is 17.7. The van der Waals surface area contributed by atoms with Crippen LogP contribution in [0.2, 0.25) is 0 Å². The van der Waals surface area contributed by atoms with E-state index in [1.165, 1.54) is 0 Å². The topological polar surface area (TPSA) is 58.0 Å². The fraction of sp³-hybridized carbons (Fsp3) is 0.0909. The molecule has 5 heteroatoms. The summed E-state index contributed by atoms with van der Waals surface area (Å²) in [5.74, 6) is -0.184. The third kappa shape index (κ3) is 3.35. The molecule has 0 radical (unpaired) electrons. The van der Waals surface area contributed by atoms with Crippen molar-refractivity contribution in [2.75, 3.05) is 0 Å². The van der Waals surface area contributed by atoms with E-state index in [0.29, 0.717) is 14.6 Å². The summed E-state index contributed by atoms with van der Waals surface area (Å²) in [5, 5.41) is 13.5. The lowest BCUT2D eigenvalue weighted by molar-refractivity contribution is -0.605. The van der Waals surface area contributed by atoms with Crippen molar-refractivity contribution in [3.05, 3.63) is 102 Å². The van der Waals surface area contributed by atoms with Crippen LogP contribution in [0.5, 0.6) is 5.75 Å². The summed E-state index contributed by atoms with van der Waals surface area (Å²) in [6.07, 6.45) is 1.63. The zero-order valence-corrected chi connectivity index (χ0v) is 16.8. The number of hydrogen-bond acceptors (Lipinski definition) is 3. The number of fused-ring (bicyclic) bond motifs is 1. The maximum Gasteiger partial charge on any atom is 0.363 e. The van der Waals surface area contributed by atoms with Gasteiger partial charge in [0.15, 0.2) is 3.57 Å². The quantitative estimate of drug-likeness (QED) is 0.403. The predicted molar refractivity (Wildman–Crippen MR) is 99.5 cm³/mol. The maximum atomic E-state index is 13.4. The maximum absolute atomic E-state index is 13.4. The highest BCUT2D eigenvalue weighted by Gasteiger charge is 2.27. The molecule has 0 N–H and O–H groups in total. The van der Waals surface area contributed by atoms with Gasteiger partial charge in [-0.05, 0) is 36.4 Å². The molecule has 2 heterocycles. The van der Waals surface area contributed by atoms with Gasteiger partial charge in [-0.2, -0.15) is 0 Å². The van der Waals surface area contributed by atoms with Crippen molar-refractivity contribution in [3.63, 3.8) is 0 Å². The molecule has 1 unspecified atom stereocenters. The van der Waals surface area contributed by atoms with Gasteiger partial charge in [0.1, 0.15) is 5.65 Å². The summed E-state index contributed by atoms with van der Waals surface area (Å²) in [6.45, 7) is 1.97. The van der Waals surface area contributed by atoms with E-state index < -0.39 is 21.2 Å². The molecule has 2 aromatic heterocycles. The van der Waals surface area contributed by atoms with Gasteiger partial charge < -0.3 is 5.11 Å². The first kappa shape index (κ1) is 17.7. The van der Waals surface area contributed by atoms with Gasteiger partial charge in [0.05, 0.1) is 6.04 Å². The van der Waals surface area contributed by atoms with Gasteiger partial charge >= 0.3 is 26.8 Å². The van der Waals surface area contributed by atoms with Crippen LogP contribution in [0.1, 0.15) is 18.5 Å². The molecule has 0 spiro atoms. The Bertz CT molecular complexity index is 1140. The number of halogens is 1. The van der Waals surface area contributed by atoms with Crippen LogP contribution in [0.15, 0.2) is 83.8 Å². The molecular formula is C22H17IN2O2. The van der Waals surface area contributed by atoms with Crippen LogP contribution < -0.4 is 31.9 Å². The van der Waals surface area contributed by atoms with Crippen molar-refractivity contribution in [3.8, 4) is 5.75 Å². The van der Waals surface area contributed by atoms with Crippen molar-refractivity contribution in [1.82, 2.24) is 9.55 Å². The van der Waals surface area contributed by atoms with Crippen LogP contribution in [-0.2, 0) is 0 Å². The molecule has 4 rings (SSSR count). The summed E-state index contributed by atoms with van der Waals surface area (Å²) in [6, 6.07) is 22.9. The monoisotopic (exact) mass is 468 g/mol. The zero-order valence-electron chi connectivity index (χ0n) is 14.7. The average Bonchev–Trinajstić information content (AvgIpc) is 2.72. The highest BCUT2D eigenvalue weighted by atomic mass is 127. The largest absolute Gasteiger partial charge is 0.869 e. The lowest BCUT2D eigenvalue weighted by atomic mass is 10.1. The van der Waals surface area contributed by atoms with E-state index in [1.54, 1.807) is 22.9 Å². The molecule has 134 valence electrons. The first-order valence-electron chi connectivity index (χ1n) is 8.62. The minimum absolute atomic E-state index is 0.184. The Labute approximate surface area is 167 Å². The third-order valence-corrected chi connectivity index (χ3v) is 7.30. The fourth-order valence-corrected chi connectivity index (χ4v) is 5.52. The van der Waals surface area contributed by atoms with Gasteiger partial charge in [-0.3, -0.25) is 9.36 Å². The second kappa shape index (κ2) is 7.52. The van der Waals surface area contributed by atoms with Crippen molar-refractivity contribution < 1.29 is 26.3 Å². The van der Waals surface area contributed by atoms with Gasteiger partial charge in [-0.1, -0.05) is 54.6 Å². The number of hydrogen-bond donors (Lipinski definition) is 0. The summed E-state index contributed by atoms with van der Waals surface area (Å²) in [5.41, 5.74) is 1.23. The summed E-state index contributed by atoms with van der Waals surface area (Å²) < 4.78 is 3.11. The Morgan fingerprint density at radius 1 is 0.963 bits per heavy atom. The van der Waals surface area contributed by atoms with E-state index in [2.05, 4.69) is 4.98 Å². The molecule has 2 aromatic carbocycles. The van der Waals surface area contributed by atoms with Crippen LogP contribution in [-0.4, -0.2) is 9.55 Å². The van der Waals surface area contributed by atoms with E-state index in [1.807, 2.05) is 67.6 Å². The number of benzene rings is 2. The first-order valence-corrected chi connectivity index (χ1v) is 10.8. The molecule has 4 nitrogen and oxygen atoms in total. The van der Waals surface area contributed by atoms with E-state index in [0.717, 1.165) is 9.13 Å². The Kier molecular flexibility index (Phi) is 4.94. The van der Waals surface area contributed by atoms with E-state index in [4.69, 9.17) is 0 Å². The molecule has 0 bridgehead atoms. The number of rotatable bonds is 4. The van der Waals surface area contributed by atoms with Gasteiger partial charge in [0.2, 0.25) is 0 Å². The molecule has 27 heavy (non-hydrogen) atoms. The second-order valence-corrected chi connectivity index (χ2v) is 9.03. The van der Waals surface area contributed by atoms with Gasteiger partial charge in [0.25, 0.3) is 3.57 Å². The molecule has 0 aliphatic heterocycles. The van der Waals surface area contributed by atoms with Crippen LogP contribution in [0, 0.1) is 7.14 Å². The third-order valence-electron chi connectivity index (χ3n) is 4.47. The minimum Gasteiger partial charge on any atom is -0.869 e. The smallest absolute Gasteiger partial charge is 0.363 e.